The molecule has 3 rings (SSSR count). The zero-order valence-corrected chi connectivity index (χ0v) is 14.0. The third kappa shape index (κ3) is 3.18. The zero-order valence-electron chi connectivity index (χ0n) is 12.4. The van der Waals surface area contributed by atoms with Crippen LogP contribution < -0.4 is 9.62 Å². The number of hydrogen-bond acceptors (Lipinski definition) is 3. The smallest absolute Gasteiger partial charge is 0.261 e. The minimum absolute atomic E-state index is 0.0346. The maximum Gasteiger partial charge on any atom is 0.261 e. The predicted molar refractivity (Wildman–Crippen MR) is 90.4 cm³/mol. The molecule has 120 valence electrons. The lowest BCUT2D eigenvalue weighted by Crippen LogP contribution is -2.31. The Morgan fingerprint density at radius 1 is 1.09 bits per heavy atom. The molecule has 0 bridgehead atoms. The Balaban J connectivity index is 1.92. The first-order valence-electron chi connectivity index (χ1n) is 7.05. The molecule has 0 radical (unpaired) electrons. The van der Waals surface area contributed by atoms with E-state index in [0.717, 1.165) is 11.3 Å². The van der Waals surface area contributed by atoms with Crippen LogP contribution in [0.2, 0.25) is 5.02 Å². The molecule has 0 fully saturated rings. The van der Waals surface area contributed by atoms with Crippen molar-refractivity contribution in [2.24, 2.45) is 0 Å². The summed E-state index contributed by atoms with van der Waals surface area (Å²) >= 11 is 5.80. The van der Waals surface area contributed by atoms with Crippen molar-refractivity contribution in [1.82, 2.24) is 0 Å². The Labute approximate surface area is 139 Å². The van der Waals surface area contributed by atoms with Gasteiger partial charge in [0, 0.05) is 29.9 Å². The minimum Gasteiger partial charge on any atom is -0.315 e. The van der Waals surface area contributed by atoms with Crippen LogP contribution in [0.4, 0.5) is 11.4 Å². The molecule has 2 aromatic rings. The van der Waals surface area contributed by atoms with E-state index in [1.807, 2.05) is 0 Å². The van der Waals surface area contributed by atoms with Gasteiger partial charge in [-0.3, -0.25) is 9.52 Å². The number of halogens is 1. The van der Waals surface area contributed by atoms with Gasteiger partial charge >= 0.3 is 0 Å². The number of fused-ring (bicyclic) bond motifs is 1. The fraction of sp³-hybridized carbons (Fsp3) is 0.188. The van der Waals surface area contributed by atoms with Gasteiger partial charge in [-0.15, -0.1) is 0 Å². The highest BCUT2D eigenvalue weighted by atomic mass is 35.5. The van der Waals surface area contributed by atoms with E-state index in [9.17, 15) is 13.2 Å². The molecule has 0 aromatic heterocycles. The maximum absolute atomic E-state index is 12.5. The van der Waals surface area contributed by atoms with Gasteiger partial charge in [0.25, 0.3) is 10.0 Å². The molecule has 0 saturated heterocycles. The molecule has 2 aromatic carbocycles. The van der Waals surface area contributed by atoms with Gasteiger partial charge in [0.1, 0.15) is 0 Å². The lowest BCUT2D eigenvalue weighted by molar-refractivity contribution is -0.118. The van der Waals surface area contributed by atoms with Crippen LogP contribution in [-0.2, 0) is 21.2 Å². The number of nitrogens with one attached hydrogen (secondary N) is 1. The summed E-state index contributed by atoms with van der Waals surface area (Å²) in [4.78, 5) is 13.4. The number of benzene rings is 2. The highest BCUT2D eigenvalue weighted by Gasteiger charge is 2.23. The van der Waals surface area contributed by atoms with E-state index >= 15 is 0 Å². The number of sulfonamides is 1. The van der Waals surface area contributed by atoms with Crippen molar-refractivity contribution in [3.8, 4) is 0 Å². The van der Waals surface area contributed by atoms with Gasteiger partial charge < -0.3 is 4.90 Å². The number of hydrogen-bond donors (Lipinski definition) is 1. The highest BCUT2D eigenvalue weighted by molar-refractivity contribution is 7.92. The first kappa shape index (κ1) is 15.8. The predicted octanol–water partition coefficient (Wildman–Crippen LogP) is 3.05. The average molecular weight is 351 g/mol. The fourth-order valence-electron chi connectivity index (χ4n) is 2.53. The van der Waals surface area contributed by atoms with Crippen LogP contribution in [0.3, 0.4) is 0 Å². The Morgan fingerprint density at radius 3 is 2.48 bits per heavy atom. The molecule has 0 spiro atoms. The van der Waals surface area contributed by atoms with Crippen LogP contribution >= 0.6 is 11.6 Å². The van der Waals surface area contributed by atoms with E-state index < -0.39 is 10.0 Å². The number of rotatable bonds is 3. The fourth-order valence-corrected chi connectivity index (χ4v) is 3.77. The molecule has 0 aliphatic carbocycles. The quantitative estimate of drug-likeness (QED) is 0.925. The van der Waals surface area contributed by atoms with Crippen LogP contribution in [0.15, 0.2) is 47.4 Å². The number of nitrogens with zero attached hydrogens (tertiary/aromatic N) is 1. The van der Waals surface area contributed by atoms with Crippen molar-refractivity contribution in [3.63, 3.8) is 0 Å². The molecule has 23 heavy (non-hydrogen) atoms. The largest absolute Gasteiger partial charge is 0.315 e. The summed E-state index contributed by atoms with van der Waals surface area (Å²) in [5, 5.41) is 0.537. The second-order valence-electron chi connectivity index (χ2n) is 5.36. The van der Waals surface area contributed by atoms with Gasteiger partial charge in [-0.05, 0) is 54.4 Å². The molecule has 7 heteroatoms. The molecule has 0 unspecified atom stereocenters. The topological polar surface area (TPSA) is 66.5 Å². The van der Waals surface area contributed by atoms with Crippen LogP contribution in [0, 0.1) is 0 Å². The minimum atomic E-state index is -3.69. The van der Waals surface area contributed by atoms with Crippen molar-refractivity contribution in [1.29, 1.82) is 0 Å². The van der Waals surface area contributed by atoms with Crippen molar-refractivity contribution in [2.75, 3.05) is 16.7 Å². The molecular formula is C16H15ClN2O3S. The summed E-state index contributed by atoms with van der Waals surface area (Å²) in [6.45, 7) is 0. The molecule has 0 saturated carbocycles. The summed E-state index contributed by atoms with van der Waals surface area (Å²) in [5.41, 5.74) is 2.05. The summed E-state index contributed by atoms with van der Waals surface area (Å²) in [5.74, 6) is 0.0346. The number of aryl methyl sites for hydroxylation is 1. The van der Waals surface area contributed by atoms with E-state index in [4.69, 9.17) is 11.6 Å². The molecule has 1 heterocycles. The van der Waals surface area contributed by atoms with Gasteiger partial charge in [0.15, 0.2) is 0 Å². The number of amides is 1. The van der Waals surface area contributed by atoms with Crippen LogP contribution in [0.1, 0.15) is 12.0 Å². The SMILES string of the molecule is CN1C(=O)CCc2cc(S(=O)(=O)Nc3ccc(Cl)cc3)ccc21. The maximum atomic E-state index is 12.5. The van der Waals surface area contributed by atoms with E-state index in [2.05, 4.69) is 4.72 Å². The number of anilines is 2. The van der Waals surface area contributed by atoms with Crippen LogP contribution in [0.25, 0.3) is 0 Å². The van der Waals surface area contributed by atoms with Gasteiger partial charge in [0.05, 0.1) is 4.90 Å². The summed E-state index contributed by atoms with van der Waals surface area (Å²) in [6.07, 6.45) is 0.931. The summed E-state index contributed by atoms with van der Waals surface area (Å²) in [6, 6.07) is 11.2. The van der Waals surface area contributed by atoms with E-state index in [-0.39, 0.29) is 10.8 Å². The Morgan fingerprint density at radius 2 is 1.78 bits per heavy atom. The van der Waals surface area contributed by atoms with Gasteiger partial charge in [-0.1, -0.05) is 11.6 Å². The summed E-state index contributed by atoms with van der Waals surface area (Å²) < 4.78 is 27.5. The second-order valence-corrected chi connectivity index (χ2v) is 7.47. The molecular weight excluding hydrogens is 336 g/mol. The Hall–Kier alpha value is -2.05. The van der Waals surface area contributed by atoms with Gasteiger partial charge in [0.2, 0.25) is 5.91 Å². The third-order valence-electron chi connectivity index (χ3n) is 3.80. The van der Waals surface area contributed by atoms with E-state index in [1.54, 1.807) is 48.3 Å². The van der Waals surface area contributed by atoms with Crippen LogP contribution in [0.5, 0.6) is 0 Å². The van der Waals surface area contributed by atoms with E-state index in [1.165, 1.54) is 6.07 Å². The third-order valence-corrected chi connectivity index (χ3v) is 5.43. The Kier molecular flexibility index (Phi) is 4.04. The van der Waals surface area contributed by atoms with Crippen molar-refractivity contribution in [3.05, 3.63) is 53.1 Å². The number of carbonyl (C=O) groups is 1. The first-order chi connectivity index (χ1) is 10.9. The lowest BCUT2D eigenvalue weighted by Gasteiger charge is -2.26. The van der Waals surface area contributed by atoms with Gasteiger partial charge in [-0.25, -0.2) is 8.42 Å². The van der Waals surface area contributed by atoms with Crippen molar-refractivity contribution in [2.45, 2.75) is 17.7 Å². The highest BCUT2D eigenvalue weighted by Crippen LogP contribution is 2.29. The van der Waals surface area contributed by atoms with Gasteiger partial charge in [-0.2, -0.15) is 0 Å². The van der Waals surface area contributed by atoms with E-state index in [0.29, 0.717) is 23.6 Å². The molecule has 1 N–H and O–H groups in total. The second kappa shape index (κ2) is 5.86. The molecule has 1 amide bonds. The van der Waals surface area contributed by atoms with Crippen LogP contribution in [-0.4, -0.2) is 21.4 Å². The monoisotopic (exact) mass is 350 g/mol. The first-order valence-corrected chi connectivity index (χ1v) is 8.91. The standard InChI is InChI=1S/C16H15ClN2O3S/c1-19-15-8-7-14(10-11(15)2-9-16(19)20)23(21,22)18-13-5-3-12(17)4-6-13/h3-8,10,18H,2,9H2,1H3. The molecule has 1 aliphatic heterocycles. The molecule has 1 aliphatic rings. The Bertz CT molecular complexity index is 863. The average Bonchev–Trinajstić information content (AvgIpc) is 2.53. The zero-order chi connectivity index (χ0) is 16.6. The molecule has 5 nitrogen and oxygen atoms in total. The number of carbonyl (C=O) groups excluding carboxylic acids is 1. The van der Waals surface area contributed by atoms with Crippen molar-refractivity contribution < 1.29 is 13.2 Å². The normalized spacial score (nSPS) is 14.5. The lowest BCUT2D eigenvalue weighted by atomic mass is 10.0. The van der Waals surface area contributed by atoms with Crippen molar-refractivity contribution >= 4 is 38.9 Å². The molecule has 0 atom stereocenters. The summed E-state index contributed by atoms with van der Waals surface area (Å²) in [7, 11) is -1.99.